The van der Waals surface area contributed by atoms with E-state index in [1.165, 1.54) is 5.57 Å². The van der Waals surface area contributed by atoms with Crippen LogP contribution in [0.3, 0.4) is 0 Å². The molecule has 1 nitrogen and oxygen atoms in total. The number of nitrogens with zero attached hydrogens (tertiary/aromatic N) is 1. The van der Waals surface area contributed by atoms with E-state index < -0.39 is 0 Å². The minimum absolute atomic E-state index is 1.00. The van der Waals surface area contributed by atoms with Crippen LogP contribution in [0.25, 0.3) is 0 Å². The molecule has 0 amide bonds. The van der Waals surface area contributed by atoms with Crippen molar-refractivity contribution in [2.45, 2.75) is 27.7 Å². The SMILES string of the molecule is CCN(CC)C(C#Cc1ccccc1)=C(C)C. The van der Waals surface area contributed by atoms with E-state index in [2.05, 4.69) is 44.4 Å². The lowest BCUT2D eigenvalue weighted by molar-refractivity contribution is 0.394. The van der Waals surface area contributed by atoms with Crippen LogP contribution < -0.4 is 0 Å². The molecular weight excluding hydrogens is 206 g/mol. The summed E-state index contributed by atoms with van der Waals surface area (Å²) >= 11 is 0. The third-order valence-corrected chi connectivity index (χ3v) is 2.65. The zero-order valence-electron chi connectivity index (χ0n) is 11.2. The van der Waals surface area contributed by atoms with E-state index in [1.54, 1.807) is 0 Å². The summed E-state index contributed by atoms with van der Waals surface area (Å²) in [6.45, 7) is 10.6. The van der Waals surface area contributed by atoms with Crippen LogP contribution in [0.15, 0.2) is 41.6 Å². The van der Waals surface area contributed by atoms with E-state index in [0.717, 1.165) is 24.4 Å². The molecule has 0 atom stereocenters. The Morgan fingerprint density at radius 1 is 1.06 bits per heavy atom. The van der Waals surface area contributed by atoms with Gasteiger partial charge >= 0.3 is 0 Å². The Hall–Kier alpha value is -1.68. The molecule has 0 saturated heterocycles. The molecule has 17 heavy (non-hydrogen) atoms. The lowest BCUT2D eigenvalue weighted by Crippen LogP contribution is -2.22. The summed E-state index contributed by atoms with van der Waals surface area (Å²) in [4.78, 5) is 2.30. The van der Waals surface area contributed by atoms with Crippen LogP contribution >= 0.6 is 0 Å². The van der Waals surface area contributed by atoms with Gasteiger partial charge in [-0.15, -0.1) is 0 Å². The van der Waals surface area contributed by atoms with Gasteiger partial charge < -0.3 is 4.90 Å². The molecule has 0 unspecified atom stereocenters. The summed E-state index contributed by atoms with van der Waals surface area (Å²) in [6.07, 6.45) is 0. The first-order chi connectivity index (χ1) is 8.19. The Labute approximate surface area is 105 Å². The van der Waals surface area contributed by atoms with Gasteiger partial charge in [0.05, 0.1) is 5.70 Å². The fraction of sp³-hybridized carbons (Fsp3) is 0.375. The van der Waals surface area contributed by atoms with Gasteiger partial charge in [0.25, 0.3) is 0 Å². The monoisotopic (exact) mass is 227 g/mol. The van der Waals surface area contributed by atoms with Crippen molar-refractivity contribution in [3.63, 3.8) is 0 Å². The molecule has 0 spiro atoms. The van der Waals surface area contributed by atoms with Crippen molar-refractivity contribution in [2.75, 3.05) is 13.1 Å². The summed E-state index contributed by atoms with van der Waals surface area (Å²) in [5.41, 5.74) is 3.49. The average molecular weight is 227 g/mol. The van der Waals surface area contributed by atoms with Crippen molar-refractivity contribution in [1.29, 1.82) is 0 Å². The van der Waals surface area contributed by atoms with Gasteiger partial charge in [-0.2, -0.15) is 0 Å². The van der Waals surface area contributed by atoms with E-state index >= 15 is 0 Å². The van der Waals surface area contributed by atoms with Crippen LogP contribution in [-0.2, 0) is 0 Å². The van der Waals surface area contributed by atoms with Gasteiger partial charge in [0.2, 0.25) is 0 Å². The first-order valence-electron chi connectivity index (χ1n) is 6.18. The average Bonchev–Trinajstić information content (AvgIpc) is 2.35. The molecule has 1 rings (SSSR count). The van der Waals surface area contributed by atoms with Crippen LogP contribution in [-0.4, -0.2) is 18.0 Å². The number of hydrogen-bond acceptors (Lipinski definition) is 1. The third kappa shape index (κ3) is 4.00. The van der Waals surface area contributed by atoms with Gasteiger partial charge in [-0.25, -0.2) is 0 Å². The quantitative estimate of drug-likeness (QED) is 0.712. The molecule has 0 aromatic heterocycles. The molecule has 0 aliphatic rings. The van der Waals surface area contributed by atoms with Crippen LogP contribution in [0.1, 0.15) is 33.3 Å². The fourth-order valence-electron chi connectivity index (χ4n) is 1.71. The number of rotatable bonds is 3. The van der Waals surface area contributed by atoms with Gasteiger partial charge in [-0.1, -0.05) is 24.1 Å². The van der Waals surface area contributed by atoms with E-state index in [9.17, 15) is 0 Å². The molecule has 1 heteroatoms. The van der Waals surface area contributed by atoms with Crippen LogP contribution in [0.2, 0.25) is 0 Å². The molecule has 0 fully saturated rings. The minimum Gasteiger partial charge on any atom is -0.365 e. The summed E-state index contributed by atoms with van der Waals surface area (Å²) in [6, 6.07) is 10.1. The molecule has 0 saturated carbocycles. The third-order valence-electron chi connectivity index (χ3n) is 2.65. The lowest BCUT2D eigenvalue weighted by Gasteiger charge is -2.21. The largest absolute Gasteiger partial charge is 0.365 e. The maximum Gasteiger partial charge on any atom is 0.0869 e. The van der Waals surface area contributed by atoms with E-state index in [4.69, 9.17) is 0 Å². The van der Waals surface area contributed by atoms with Crippen molar-refractivity contribution in [2.24, 2.45) is 0 Å². The second-order valence-corrected chi connectivity index (χ2v) is 4.14. The van der Waals surface area contributed by atoms with Gasteiger partial charge in [0, 0.05) is 18.7 Å². The summed E-state index contributed by atoms with van der Waals surface area (Å²) in [5.74, 6) is 6.52. The molecule has 90 valence electrons. The van der Waals surface area contributed by atoms with E-state index in [0.29, 0.717) is 0 Å². The predicted octanol–water partition coefficient (Wildman–Crippen LogP) is 3.67. The van der Waals surface area contributed by atoms with E-state index in [1.807, 2.05) is 30.3 Å². The summed E-state index contributed by atoms with van der Waals surface area (Å²) in [5, 5.41) is 0. The second kappa shape index (κ2) is 6.81. The maximum absolute atomic E-state index is 3.29. The van der Waals surface area contributed by atoms with Crippen molar-refractivity contribution >= 4 is 0 Å². The molecule has 0 radical (unpaired) electrons. The first-order valence-corrected chi connectivity index (χ1v) is 6.18. The number of hydrogen-bond donors (Lipinski definition) is 0. The van der Waals surface area contributed by atoms with Crippen LogP contribution in [0.5, 0.6) is 0 Å². The maximum atomic E-state index is 3.29. The standard InChI is InChI=1S/C16H21N/c1-5-17(6-2)16(14(3)4)13-12-15-10-8-7-9-11-15/h7-11H,5-6H2,1-4H3. The smallest absolute Gasteiger partial charge is 0.0869 e. The van der Waals surface area contributed by atoms with Crippen molar-refractivity contribution in [3.05, 3.63) is 47.2 Å². The Kier molecular flexibility index (Phi) is 5.36. The normalized spacial score (nSPS) is 9.18. The molecular formula is C16H21N. The Morgan fingerprint density at radius 2 is 1.65 bits per heavy atom. The minimum atomic E-state index is 1.00. The van der Waals surface area contributed by atoms with Crippen molar-refractivity contribution in [3.8, 4) is 11.8 Å². The molecule has 0 heterocycles. The van der Waals surface area contributed by atoms with Crippen molar-refractivity contribution < 1.29 is 0 Å². The fourth-order valence-corrected chi connectivity index (χ4v) is 1.71. The van der Waals surface area contributed by atoms with Gasteiger partial charge in [-0.05, 0) is 51.3 Å². The Morgan fingerprint density at radius 3 is 2.12 bits per heavy atom. The van der Waals surface area contributed by atoms with Gasteiger partial charge in [0.15, 0.2) is 0 Å². The molecule has 1 aromatic carbocycles. The zero-order chi connectivity index (χ0) is 12.7. The summed E-state index contributed by atoms with van der Waals surface area (Å²) in [7, 11) is 0. The Bertz CT molecular complexity index is 424. The first kappa shape index (κ1) is 13.4. The molecule has 0 N–H and O–H groups in total. The lowest BCUT2D eigenvalue weighted by atomic mass is 10.2. The van der Waals surface area contributed by atoms with Crippen LogP contribution in [0, 0.1) is 11.8 Å². The highest BCUT2D eigenvalue weighted by atomic mass is 15.1. The molecule has 1 aromatic rings. The summed E-state index contributed by atoms with van der Waals surface area (Å²) < 4.78 is 0. The second-order valence-electron chi connectivity index (χ2n) is 4.14. The highest BCUT2D eigenvalue weighted by molar-refractivity contribution is 5.41. The van der Waals surface area contributed by atoms with Gasteiger partial charge in [0.1, 0.15) is 0 Å². The molecule has 0 bridgehead atoms. The molecule has 0 aliphatic heterocycles. The van der Waals surface area contributed by atoms with Crippen molar-refractivity contribution in [1.82, 2.24) is 4.90 Å². The molecule has 0 aliphatic carbocycles. The predicted molar refractivity (Wildman–Crippen MR) is 74.6 cm³/mol. The number of benzene rings is 1. The highest BCUT2D eigenvalue weighted by Gasteiger charge is 2.03. The zero-order valence-corrected chi connectivity index (χ0v) is 11.2. The topological polar surface area (TPSA) is 3.24 Å². The highest BCUT2D eigenvalue weighted by Crippen LogP contribution is 2.09. The van der Waals surface area contributed by atoms with E-state index in [-0.39, 0.29) is 0 Å². The number of allylic oxidation sites excluding steroid dienone is 2. The Balaban J connectivity index is 2.98. The van der Waals surface area contributed by atoms with Gasteiger partial charge in [-0.3, -0.25) is 0 Å². The van der Waals surface area contributed by atoms with Crippen LogP contribution in [0.4, 0.5) is 0 Å².